The van der Waals surface area contributed by atoms with Crippen molar-refractivity contribution in [1.82, 2.24) is 15.3 Å². The Bertz CT molecular complexity index is 1220. The molecule has 1 amide bonds. The van der Waals surface area contributed by atoms with Crippen molar-refractivity contribution in [1.29, 1.82) is 0 Å². The van der Waals surface area contributed by atoms with Gasteiger partial charge in [0.15, 0.2) is 9.84 Å². The first kappa shape index (κ1) is 23.6. The predicted molar refractivity (Wildman–Crippen MR) is 125 cm³/mol. The van der Waals surface area contributed by atoms with Crippen molar-refractivity contribution in [2.24, 2.45) is 0 Å². The number of carbonyl (C=O) groups is 1. The van der Waals surface area contributed by atoms with Crippen LogP contribution < -0.4 is 10.1 Å². The average molecular weight is 474 g/mol. The van der Waals surface area contributed by atoms with Crippen LogP contribution in [0.15, 0.2) is 66.3 Å². The van der Waals surface area contributed by atoms with Crippen LogP contribution in [0.2, 0.25) is 5.02 Å². The molecule has 0 radical (unpaired) electrons. The smallest absolute Gasteiger partial charge is 0.251 e. The van der Waals surface area contributed by atoms with Crippen molar-refractivity contribution in [2.75, 3.05) is 6.26 Å². The number of H-pyrrole nitrogens is 1. The molecule has 2 atom stereocenters. The topological polar surface area (TPSA) is 101 Å². The van der Waals surface area contributed by atoms with E-state index in [1.54, 1.807) is 43.6 Å². The molecular formula is C23H24ClN3O4S. The molecule has 9 heteroatoms. The predicted octanol–water partition coefficient (Wildman–Crippen LogP) is 4.55. The van der Waals surface area contributed by atoms with E-state index in [0.29, 0.717) is 27.7 Å². The van der Waals surface area contributed by atoms with Crippen molar-refractivity contribution in [3.05, 3.63) is 82.5 Å². The van der Waals surface area contributed by atoms with Crippen molar-refractivity contribution in [3.63, 3.8) is 0 Å². The molecule has 0 fully saturated rings. The second-order valence-electron chi connectivity index (χ2n) is 7.35. The summed E-state index contributed by atoms with van der Waals surface area (Å²) >= 11 is 6.30. The molecule has 3 aromatic rings. The van der Waals surface area contributed by atoms with Gasteiger partial charge >= 0.3 is 0 Å². The van der Waals surface area contributed by atoms with Gasteiger partial charge in [0.25, 0.3) is 5.91 Å². The van der Waals surface area contributed by atoms with Gasteiger partial charge in [-0.15, -0.1) is 0 Å². The minimum absolute atomic E-state index is 0.335. The SMILES string of the molecule is C[C@H](/C=C/S(C)(=O)=O)NC(=O)c1ccc(O[C@@H](C)c2ccccc2Cl)c(-c2ncc[nH]2)c1. The zero-order valence-electron chi connectivity index (χ0n) is 17.9. The zero-order chi connectivity index (χ0) is 23.3. The first-order chi connectivity index (χ1) is 15.1. The van der Waals surface area contributed by atoms with Crippen LogP contribution in [0.1, 0.15) is 35.9 Å². The first-order valence-electron chi connectivity index (χ1n) is 9.88. The molecule has 2 N–H and O–H groups in total. The third-order valence-electron chi connectivity index (χ3n) is 4.62. The van der Waals surface area contributed by atoms with Crippen LogP contribution in [0.4, 0.5) is 0 Å². The van der Waals surface area contributed by atoms with Crippen LogP contribution >= 0.6 is 11.6 Å². The molecule has 0 unspecified atom stereocenters. The Hall–Kier alpha value is -3.10. The summed E-state index contributed by atoms with van der Waals surface area (Å²) in [4.78, 5) is 20.0. The summed E-state index contributed by atoms with van der Waals surface area (Å²) in [6, 6.07) is 12.0. The third kappa shape index (κ3) is 6.21. The Labute approximate surface area is 192 Å². The maximum absolute atomic E-state index is 12.7. The number of sulfone groups is 1. The number of benzene rings is 2. The standard InChI is InChI=1S/C23H24ClN3O4S/c1-15(10-13-32(3,29)30)27-23(28)17-8-9-21(19(14-17)22-25-11-12-26-22)31-16(2)18-6-4-5-7-20(18)24/h4-16H,1-3H3,(H,25,26)(H,27,28)/b13-10+/t15-,16+/m1/s1. The Morgan fingerprint density at radius 1 is 1.22 bits per heavy atom. The van der Waals surface area contributed by atoms with Crippen LogP contribution in [0.5, 0.6) is 5.75 Å². The number of nitrogens with zero attached hydrogens (tertiary/aromatic N) is 1. The Morgan fingerprint density at radius 2 is 1.97 bits per heavy atom. The van der Waals surface area contributed by atoms with Crippen LogP contribution in [0.25, 0.3) is 11.4 Å². The average Bonchev–Trinajstić information content (AvgIpc) is 3.27. The lowest BCUT2D eigenvalue weighted by Gasteiger charge is -2.19. The molecule has 32 heavy (non-hydrogen) atoms. The van der Waals surface area contributed by atoms with E-state index in [4.69, 9.17) is 16.3 Å². The monoisotopic (exact) mass is 473 g/mol. The Balaban J connectivity index is 1.87. The fourth-order valence-corrected chi connectivity index (χ4v) is 3.84. The fourth-order valence-electron chi connectivity index (χ4n) is 3.03. The molecule has 0 aliphatic rings. The number of imidazole rings is 1. The Kier molecular flexibility index (Phi) is 7.37. The van der Waals surface area contributed by atoms with Gasteiger partial charge in [0, 0.05) is 46.2 Å². The summed E-state index contributed by atoms with van der Waals surface area (Å²) < 4.78 is 28.7. The van der Waals surface area contributed by atoms with E-state index >= 15 is 0 Å². The summed E-state index contributed by atoms with van der Waals surface area (Å²) in [6.45, 7) is 3.58. The van der Waals surface area contributed by atoms with Crippen LogP contribution in [0, 0.1) is 0 Å². The van der Waals surface area contributed by atoms with E-state index in [1.165, 1.54) is 6.08 Å². The van der Waals surface area contributed by atoms with E-state index in [2.05, 4.69) is 15.3 Å². The number of aromatic nitrogens is 2. The number of hydrogen-bond donors (Lipinski definition) is 2. The van der Waals surface area contributed by atoms with Gasteiger partial charge in [0.05, 0.1) is 5.56 Å². The number of rotatable bonds is 8. The van der Waals surface area contributed by atoms with Gasteiger partial charge < -0.3 is 15.0 Å². The van der Waals surface area contributed by atoms with E-state index < -0.39 is 15.9 Å². The number of nitrogens with one attached hydrogen (secondary N) is 2. The van der Waals surface area contributed by atoms with Gasteiger partial charge in [-0.25, -0.2) is 13.4 Å². The highest BCUT2D eigenvalue weighted by molar-refractivity contribution is 7.93. The molecule has 7 nitrogen and oxygen atoms in total. The summed E-state index contributed by atoms with van der Waals surface area (Å²) in [5.41, 5.74) is 1.84. The van der Waals surface area contributed by atoms with E-state index in [9.17, 15) is 13.2 Å². The van der Waals surface area contributed by atoms with E-state index in [0.717, 1.165) is 17.2 Å². The van der Waals surface area contributed by atoms with Crippen LogP contribution in [-0.2, 0) is 9.84 Å². The molecule has 0 aliphatic heterocycles. The van der Waals surface area contributed by atoms with E-state index in [1.807, 2.05) is 25.1 Å². The highest BCUT2D eigenvalue weighted by Gasteiger charge is 2.18. The summed E-state index contributed by atoms with van der Waals surface area (Å²) in [5, 5.41) is 4.43. The maximum Gasteiger partial charge on any atom is 0.251 e. The van der Waals surface area contributed by atoms with Crippen LogP contribution in [0.3, 0.4) is 0 Å². The second kappa shape index (κ2) is 10.0. The van der Waals surface area contributed by atoms with Gasteiger partial charge in [-0.1, -0.05) is 35.9 Å². The lowest BCUT2D eigenvalue weighted by atomic mass is 10.1. The van der Waals surface area contributed by atoms with Crippen molar-refractivity contribution in [2.45, 2.75) is 26.0 Å². The number of halogens is 1. The minimum Gasteiger partial charge on any atom is -0.485 e. The van der Waals surface area contributed by atoms with Gasteiger partial charge in [-0.05, 0) is 38.1 Å². The van der Waals surface area contributed by atoms with Gasteiger partial charge in [0.2, 0.25) is 0 Å². The third-order valence-corrected chi connectivity index (χ3v) is 5.61. The lowest BCUT2D eigenvalue weighted by Crippen LogP contribution is -2.31. The lowest BCUT2D eigenvalue weighted by molar-refractivity contribution is 0.0947. The molecule has 0 saturated heterocycles. The normalized spacial score (nSPS) is 13.6. The maximum atomic E-state index is 12.7. The Morgan fingerprint density at radius 3 is 2.62 bits per heavy atom. The second-order valence-corrected chi connectivity index (χ2v) is 9.69. The fraction of sp³-hybridized carbons (Fsp3) is 0.217. The zero-order valence-corrected chi connectivity index (χ0v) is 19.4. The van der Waals surface area contributed by atoms with Crippen molar-refractivity contribution < 1.29 is 17.9 Å². The molecule has 0 aliphatic carbocycles. The van der Waals surface area contributed by atoms with Gasteiger partial charge in [-0.2, -0.15) is 0 Å². The molecule has 3 rings (SSSR count). The molecule has 0 saturated carbocycles. The molecule has 0 bridgehead atoms. The largest absolute Gasteiger partial charge is 0.485 e. The van der Waals surface area contributed by atoms with Gasteiger partial charge in [-0.3, -0.25) is 4.79 Å². The molecule has 168 valence electrons. The minimum atomic E-state index is -3.27. The molecule has 0 spiro atoms. The van der Waals surface area contributed by atoms with Crippen molar-refractivity contribution in [3.8, 4) is 17.1 Å². The van der Waals surface area contributed by atoms with Crippen LogP contribution in [-0.4, -0.2) is 36.6 Å². The summed E-state index contributed by atoms with van der Waals surface area (Å²) in [7, 11) is -3.27. The number of ether oxygens (including phenoxy) is 1. The highest BCUT2D eigenvalue weighted by atomic mass is 35.5. The van der Waals surface area contributed by atoms with Gasteiger partial charge in [0.1, 0.15) is 17.7 Å². The number of carbonyl (C=O) groups excluding carboxylic acids is 1. The quantitative estimate of drug-likeness (QED) is 0.500. The summed E-state index contributed by atoms with van der Waals surface area (Å²) in [6.07, 6.45) is 5.47. The highest BCUT2D eigenvalue weighted by Crippen LogP contribution is 2.34. The molecular weight excluding hydrogens is 450 g/mol. The molecule has 1 aromatic heterocycles. The number of aromatic amines is 1. The molecule has 1 heterocycles. The number of amides is 1. The van der Waals surface area contributed by atoms with Crippen molar-refractivity contribution >= 4 is 27.3 Å². The summed E-state index contributed by atoms with van der Waals surface area (Å²) in [5.74, 6) is 0.731. The van der Waals surface area contributed by atoms with E-state index in [-0.39, 0.29) is 12.0 Å². The number of hydrogen-bond acceptors (Lipinski definition) is 5. The first-order valence-corrected chi connectivity index (χ1v) is 12.2. The molecule has 2 aromatic carbocycles.